The van der Waals surface area contributed by atoms with E-state index in [-0.39, 0.29) is 53.8 Å². The van der Waals surface area contributed by atoms with Gasteiger partial charge in [-0.1, -0.05) is 65.3 Å². The van der Waals surface area contributed by atoms with Crippen LogP contribution in [0.2, 0.25) is 0 Å². The lowest BCUT2D eigenvalue weighted by molar-refractivity contribution is -0.159. The van der Waals surface area contributed by atoms with Crippen molar-refractivity contribution in [2.45, 2.75) is 129 Å². The summed E-state index contributed by atoms with van der Waals surface area (Å²) in [5, 5.41) is 3.15. The molecule has 3 amide bonds. The standard InChI is InChI=1S/C38H59N5O5/c1-25(2)31(41(7)36(46)33(38(3,4)5)39-34(44)28-16-10-11-21-40(28)6)24-42-22-12-17-29(42)35(45)43-23-13-18-30(43)37(47)48-32-20-19-26-14-8-9-15-27(26)32/h8-9,14-15,25,28-33H,10-13,16-24H2,1-7H3,(H,39,44)/t28-,29+,30?,31-,32-,33?/m1/s1. The number of nitrogens with one attached hydrogen (secondary N) is 1. The van der Waals surface area contributed by atoms with Crippen LogP contribution >= 0.6 is 0 Å². The largest absolute Gasteiger partial charge is 0.456 e. The molecule has 0 radical (unpaired) electrons. The van der Waals surface area contributed by atoms with Crippen molar-refractivity contribution in [3.05, 3.63) is 35.4 Å². The summed E-state index contributed by atoms with van der Waals surface area (Å²) in [6.07, 6.45) is 7.33. The molecule has 4 aliphatic rings. The van der Waals surface area contributed by atoms with Gasteiger partial charge in [0.1, 0.15) is 18.2 Å². The number of hydrogen-bond acceptors (Lipinski definition) is 7. The molecular formula is C38H59N5O5. The number of hydrogen-bond donors (Lipinski definition) is 1. The maximum atomic E-state index is 14.2. The van der Waals surface area contributed by atoms with Gasteiger partial charge in [0.25, 0.3) is 0 Å². The van der Waals surface area contributed by atoms with Crippen molar-refractivity contribution in [2.75, 3.05) is 40.3 Å². The quantitative estimate of drug-likeness (QED) is 0.375. The third-order valence-electron chi connectivity index (χ3n) is 11.3. The number of rotatable bonds is 10. The molecule has 3 aliphatic heterocycles. The fourth-order valence-electron chi connectivity index (χ4n) is 8.33. The summed E-state index contributed by atoms with van der Waals surface area (Å²) < 4.78 is 6.04. The van der Waals surface area contributed by atoms with Crippen molar-refractivity contribution in [1.82, 2.24) is 24.9 Å². The molecule has 2 unspecified atom stereocenters. The van der Waals surface area contributed by atoms with E-state index in [2.05, 4.69) is 35.0 Å². The van der Waals surface area contributed by atoms with E-state index < -0.39 is 17.5 Å². The minimum atomic E-state index is -0.675. The van der Waals surface area contributed by atoms with Crippen molar-refractivity contribution < 1.29 is 23.9 Å². The van der Waals surface area contributed by atoms with Crippen molar-refractivity contribution in [1.29, 1.82) is 0 Å². The first-order chi connectivity index (χ1) is 22.8. The molecule has 0 saturated carbocycles. The van der Waals surface area contributed by atoms with Crippen LogP contribution in [0.4, 0.5) is 0 Å². The van der Waals surface area contributed by atoms with Gasteiger partial charge in [-0.3, -0.25) is 24.2 Å². The van der Waals surface area contributed by atoms with E-state index in [1.807, 2.05) is 53.1 Å². The van der Waals surface area contributed by atoms with Crippen LogP contribution < -0.4 is 5.32 Å². The Bertz CT molecular complexity index is 1330. The van der Waals surface area contributed by atoms with Crippen LogP contribution in [-0.2, 0) is 30.3 Å². The second-order valence-corrected chi connectivity index (χ2v) is 16.1. The maximum absolute atomic E-state index is 14.2. The molecule has 266 valence electrons. The first-order valence-corrected chi connectivity index (χ1v) is 18.4. The lowest BCUT2D eigenvalue weighted by atomic mass is 9.84. The average Bonchev–Trinajstić information content (AvgIpc) is 3.81. The van der Waals surface area contributed by atoms with Crippen LogP contribution in [0.5, 0.6) is 0 Å². The topological polar surface area (TPSA) is 103 Å². The number of benzene rings is 1. The van der Waals surface area contributed by atoms with Crippen molar-refractivity contribution in [3.8, 4) is 0 Å². The van der Waals surface area contributed by atoms with Gasteiger partial charge in [0.05, 0.1) is 12.1 Å². The molecule has 6 atom stereocenters. The summed E-state index contributed by atoms with van der Waals surface area (Å²) in [5.74, 6) is -0.370. The Balaban J connectivity index is 1.24. The van der Waals surface area contributed by atoms with Gasteiger partial charge in [-0.05, 0) is 94.0 Å². The van der Waals surface area contributed by atoms with E-state index in [0.717, 1.165) is 70.0 Å². The van der Waals surface area contributed by atoms with E-state index >= 15 is 0 Å². The molecule has 3 saturated heterocycles. The van der Waals surface area contributed by atoms with Gasteiger partial charge in [0.15, 0.2) is 0 Å². The molecule has 0 aromatic heterocycles. The predicted octanol–water partition coefficient (Wildman–Crippen LogP) is 4.17. The molecule has 10 heteroatoms. The van der Waals surface area contributed by atoms with Crippen molar-refractivity contribution >= 4 is 23.7 Å². The number of nitrogens with zero attached hydrogens (tertiary/aromatic N) is 4. The van der Waals surface area contributed by atoms with Gasteiger partial charge >= 0.3 is 5.97 Å². The van der Waals surface area contributed by atoms with Crippen LogP contribution in [0, 0.1) is 11.3 Å². The minimum Gasteiger partial charge on any atom is -0.456 e. The Morgan fingerprint density at radius 3 is 2.31 bits per heavy atom. The van der Waals surface area contributed by atoms with Crippen molar-refractivity contribution in [2.24, 2.45) is 11.3 Å². The van der Waals surface area contributed by atoms with E-state index in [4.69, 9.17) is 4.74 Å². The molecule has 0 spiro atoms. The lowest BCUT2D eigenvalue weighted by Gasteiger charge is -2.41. The van der Waals surface area contributed by atoms with Crippen LogP contribution in [-0.4, -0.2) is 114 Å². The highest BCUT2D eigenvalue weighted by atomic mass is 16.5. The summed E-state index contributed by atoms with van der Waals surface area (Å²) in [7, 11) is 3.82. The highest BCUT2D eigenvalue weighted by Gasteiger charge is 2.44. The van der Waals surface area contributed by atoms with E-state index in [1.165, 1.54) is 5.56 Å². The van der Waals surface area contributed by atoms with Crippen molar-refractivity contribution in [3.63, 3.8) is 0 Å². The van der Waals surface area contributed by atoms with Crippen LogP contribution in [0.25, 0.3) is 0 Å². The van der Waals surface area contributed by atoms with E-state index in [9.17, 15) is 19.2 Å². The number of amides is 3. The molecule has 10 nitrogen and oxygen atoms in total. The number of carbonyl (C=O) groups excluding carboxylic acids is 4. The summed E-state index contributed by atoms with van der Waals surface area (Å²) in [6, 6.07) is 6.17. The van der Waals surface area contributed by atoms with Gasteiger partial charge in [-0.25, -0.2) is 4.79 Å². The highest BCUT2D eigenvalue weighted by molar-refractivity contribution is 5.91. The number of likely N-dealkylation sites (tertiary alicyclic amines) is 3. The molecular weight excluding hydrogens is 606 g/mol. The minimum absolute atomic E-state index is 0.00769. The summed E-state index contributed by atoms with van der Waals surface area (Å²) in [4.78, 5) is 63.2. The molecule has 48 heavy (non-hydrogen) atoms. The molecule has 1 aromatic rings. The molecule has 3 heterocycles. The molecule has 1 N–H and O–H groups in total. The monoisotopic (exact) mass is 665 g/mol. The molecule has 1 aliphatic carbocycles. The van der Waals surface area contributed by atoms with Gasteiger partial charge in [-0.2, -0.15) is 0 Å². The summed E-state index contributed by atoms with van der Waals surface area (Å²) in [6.45, 7) is 13.0. The molecule has 1 aromatic carbocycles. The number of aryl methyl sites for hydroxylation is 1. The van der Waals surface area contributed by atoms with E-state index in [0.29, 0.717) is 19.5 Å². The average molecular weight is 666 g/mol. The SMILES string of the molecule is CC(C)[C@@H](CN1CCC[C@H]1C(=O)N1CCCC1C(=O)O[C@@H]1CCc2ccccc21)N(C)C(=O)C(NC(=O)[C@H]1CCCCN1C)C(C)(C)C. The van der Waals surface area contributed by atoms with Gasteiger partial charge in [-0.15, -0.1) is 0 Å². The maximum Gasteiger partial charge on any atom is 0.329 e. The second kappa shape index (κ2) is 15.3. The Labute approximate surface area is 287 Å². The van der Waals surface area contributed by atoms with Crippen LogP contribution in [0.3, 0.4) is 0 Å². The normalized spacial score (nSPS) is 26.3. The van der Waals surface area contributed by atoms with Gasteiger partial charge in [0.2, 0.25) is 17.7 Å². The lowest BCUT2D eigenvalue weighted by Crippen LogP contribution is -2.61. The Kier molecular flexibility index (Phi) is 11.6. The summed E-state index contributed by atoms with van der Waals surface area (Å²) >= 11 is 0. The van der Waals surface area contributed by atoms with Gasteiger partial charge < -0.3 is 19.9 Å². The zero-order chi connectivity index (χ0) is 34.7. The first-order valence-electron chi connectivity index (χ1n) is 18.4. The van der Waals surface area contributed by atoms with Crippen LogP contribution in [0.1, 0.15) is 103 Å². The van der Waals surface area contributed by atoms with E-state index in [1.54, 1.807) is 9.80 Å². The summed E-state index contributed by atoms with van der Waals surface area (Å²) in [5.41, 5.74) is 1.83. The second-order valence-electron chi connectivity index (χ2n) is 16.1. The number of fused-ring (bicyclic) bond motifs is 1. The van der Waals surface area contributed by atoms with Gasteiger partial charge in [0, 0.05) is 26.2 Å². The molecule has 5 rings (SSSR count). The smallest absolute Gasteiger partial charge is 0.329 e. The predicted molar refractivity (Wildman–Crippen MR) is 186 cm³/mol. The zero-order valence-corrected chi connectivity index (χ0v) is 30.4. The number of carbonyl (C=O) groups is 4. The highest BCUT2D eigenvalue weighted by Crippen LogP contribution is 2.35. The Morgan fingerprint density at radius 2 is 1.60 bits per heavy atom. The number of likely N-dealkylation sites (N-methyl/N-ethyl adjacent to an activating group) is 2. The Hall–Kier alpha value is -2.98. The molecule has 3 fully saturated rings. The third-order valence-corrected chi connectivity index (χ3v) is 11.3. The Morgan fingerprint density at radius 1 is 0.917 bits per heavy atom. The zero-order valence-electron chi connectivity index (χ0n) is 30.4. The number of ether oxygens (including phenoxy) is 1. The molecule has 0 bridgehead atoms. The fraction of sp³-hybridized carbons (Fsp3) is 0.737. The number of esters is 1. The van der Waals surface area contributed by atoms with Crippen LogP contribution in [0.15, 0.2) is 24.3 Å². The fourth-order valence-corrected chi connectivity index (χ4v) is 8.33. The third kappa shape index (κ3) is 7.91. The first kappa shape index (κ1) is 36.3. The number of piperidine rings is 1.